The minimum atomic E-state index is -0.251. The molecule has 0 atom stereocenters. The molecule has 0 heterocycles. The van der Waals surface area contributed by atoms with Crippen molar-refractivity contribution in [2.45, 2.75) is 0 Å². The predicted molar refractivity (Wildman–Crippen MR) is 62.7 cm³/mol. The molecule has 0 fully saturated rings. The minimum absolute atomic E-state index is 0.108. The van der Waals surface area contributed by atoms with Crippen molar-refractivity contribution in [3.63, 3.8) is 0 Å². The van der Waals surface area contributed by atoms with Crippen molar-refractivity contribution < 1.29 is 9.53 Å². The maximum absolute atomic E-state index is 10.9. The highest BCUT2D eigenvalue weighted by molar-refractivity contribution is 6.40. The van der Waals surface area contributed by atoms with Crippen LogP contribution in [0.1, 0.15) is 0 Å². The lowest BCUT2D eigenvalue weighted by Gasteiger charge is -2.08. The van der Waals surface area contributed by atoms with Gasteiger partial charge in [0.25, 0.3) is 0 Å². The molecule has 0 amide bonds. The molecule has 0 aliphatic carbocycles. The van der Waals surface area contributed by atoms with Crippen molar-refractivity contribution >= 4 is 52.2 Å². The Morgan fingerprint density at radius 3 is 2.20 bits per heavy atom. The molecule has 1 aromatic carbocycles. The normalized spacial score (nSPS) is 10.1. The van der Waals surface area contributed by atoms with E-state index in [4.69, 9.17) is 51.1 Å². The Morgan fingerprint density at radius 1 is 1.20 bits per heavy atom. The molecule has 0 aliphatic heterocycles. The van der Waals surface area contributed by atoms with Crippen LogP contribution in [0.15, 0.2) is 12.1 Å². The zero-order valence-corrected chi connectivity index (χ0v) is 10.4. The maximum Gasteiger partial charge on any atom is 0.184 e. The molecular formula is C9H6Cl4O2. The zero-order chi connectivity index (χ0) is 11.4. The molecule has 6 heteroatoms. The first-order valence-corrected chi connectivity index (χ1v) is 5.56. The summed E-state index contributed by atoms with van der Waals surface area (Å²) in [5.74, 6) is -0.122. The number of halogens is 4. The lowest BCUT2D eigenvalue weighted by molar-refractivity contribution is -0.118. The summed E-state index contributed by atoms with van der Waals surface area (Å²) in [5, 5.41) is 0.922. The summed E-state index contributed by atoms with van der Waals surface area (Å²) in [6.45, 7) is -0.162. The maximum atomic E-state index is 10.9. The number of benzene rings is 1. The van der Waals surface area contributed by atoms with Crippen LogP contribution in [0.4, 0.5) is 0 Å². The molecular weight excluding hydrogens is 282 g/mol. The molecule has 0 spiro atoms. The first-order valence-electron chi connectivity index (χ1n) is 3.89. The smallest absolute Gasteiger partial charge is 0.184 e. The number of hydrogen-bond donors (Lipinski definition) is 0. The van der Waals surface area contributed by atoms with Gasteiger partial charge in [-0.2, -0.15) is 0 Å². The Kier molecular flexibility index (Phi) is 5.00. The highest BCUT2D eigenvalue weighted by Crippen LogP contribution is 2.35. The van der Waals surface area contributed by atoms with Crippen molar-refractivity contribution in [1.82, 2.24) is 0 Å². The summed E-state index contributed by atoms with van der Waals surface area (Å²) >= 11 is 22.7. The van der Waals surface area contributed by atoms with E-state index in [-0.39, 0.29) is 34.1 Å². The zero-order valence-electron chi connectivity index (χ0n) is 7.40. The van der Waals surface area contributed by atoms with Crippen LogP contribution in [0.25, 0.3) is 0 Å². The van der Waals surface area contributed by atoms with Gasteiger partial charge in [-0.05, 0) is 12.1 Å². The van der Waals surface area contributed by atoms with Gasteiger partial charge < -0.3 is 4.74 Å². The van der Waals surface area contributed by atoms with E-state index in [0.29, 0.717) is 5.02 Å². The van der Waals surface area contributed by atoms with E-state index in [1.807, 2.05) is 0 Å². The second kappa shape index (κ2) is 5.80. The van der Waals surface area contributed by atoms with E-state index in [1.165, 1.54) is 12.1 Å². The predicted octanol–water partition coefficient (Wildman–Crippen LogP) is 3.83. The van der Waals surface area contributed by atoms with Crippen LogP contribution in [-0.2, 0) is 4.79 Å². The van der Waals surface area contributed by atoms with E-state index < -0.39 is 0 Å². The van der Waals surface area contributed by atoms with Gasteiger partial charge in [-0.1, -0.05) is 34.8 Å². The number of ether oxygens (including phenoxy) is 1. The van der Waals surface area contributed by atoms with Crippen molar-refractivity contribution in [2.75, 3.05) is 12.5 Å². The number of ketones is 1. The number of rotatable bonds is 4. The standard InChI is InChI=1S/C9H6Cl4O2/c10-3-6(14)4-15-9-7(12)1-5(11)2-8(9)13/h1-2H,3-4H2. The van der Waals surface area contributed by atoms with E-state index in [9.17, 15) is 4.79 Å². The largest absolute Gasteiger partial charge is 0.483 e. The summed E-state index contributed by atoms with van der Waals surface area (Å²) in [5.41, 5.74) is 0. The van der Waals surface area contributed by atoms with Gasteiger partial charge >= 0.3 is 0 Å². The van der Waals surface area contributed by atoms with Gasteiger partial charge in [0.2, 0.25) is 0 Å². The first kappa shape index (κ1) is 12.9. The highest BCUT2D eigenvalue weighted by atomic mass is 35.5. The quantitative estimate of drug-likeness (QED) is 0.787. The number of hydrogen-bond acceptors (Lipinski definition) is 2. The molecule has 1 aromatic rings. The van der Waals surface area contributed by atoms with E-state index in [1.54, 1.807) is 0 Å². The van der Waals surface area contributed by atoms with Crippen molar-refractivity contribution in [3.05, 3.63) is 27.2 Å². The average Bonchev–Trinajstić information content (AvgIpc) is 2.15. The molecule has 0 unspecified atom stereocenters. The van der Waals surface area contributed by atoms with E-state index >= 15 is 0 Å². The summed E-state index contributed by atoms with van der Waals surface area (Å²) < 4.78 is 5.12. The Bertz CT molecular complexity index is 355. The molecule has 15 heavy (non-hydrogen) atoms. The van der Waals surface area contributed by atoms with Crippen LogP contribution in [0.3, 0.4) is 0 Å². The van der Waals surface area contributed by atoms with Gasteiger partial charge in [0.1, 0.15) is 6.61 Å². The Balaban J connectivity index is 2.81. The fourth-order valence-electron chi connectivity index (χ4n) is 0.858. The van der Waals surface area contributed by atoms with Crippen LogP contribution < -0.4 is 4.74 Å². The van der Waals surface area contributed by atoms with Crippen molar-refractivity contribution in [1.29, 1.82) is 0 Å². The molecule has 0 aliphatic rings. The number of Topliss-reactive ketones (excluding diaryl/α,β-unsaturated/α-hetero) is 1. The van der Waals surface area contributed by atoms with Crippen LogP contribution in [0, 0.1) is 0 Å². The lowest BCUT2D eigenvalue weighted by atomic mass is 10.3. The van der Waals surface area contributed by atoms with Gasteiger partial charge in [0.15, 0.2) is 11.5 Å². The molecule has 82 valence electrons. The topological polar surface area (TPSA) is 26.3 Å². The van der Waals surface area contributed by atoms with Crippen LogP contribution >= 0.6 is 46.4 Å². The monoisotopic (exact) mass is 286 g/mol. The van der Waals surface area contributed by atoms with Gasteiger partial charge in [-0.25, -0.2) is 0 Å². The third-order valence-corrected chi connectivity index (χ3v) is 2.57. The second-order valence-electron chi connectivity index (χ2n) is 2.66. The lowest BCUT2D eigenvalue weighted by Crippen LogP contribution is -2.12. The molecule has 0 aromatic heterocycles. The highest BCUT2D eigenvalue weighted by Gasteiger charge is 2.10. The fraction of sp³-hybridized carbons (Fsp3) is 0.222. The average molecular weight is 288 g/mol. The second-order valence-corrected chi connectivity index (χ2v) is 4.18. The number of carbonyl (C=O) groups is 1. The number of carbonyl (C=O) groups excluding carboxylic acids is 1. The summed E-state index contributed by atoms with van der Waals surface area (Å²) in [7, 11) is 0. The molecule has 0 saturated carbocycles. The van der Waals surface area contributed by atoms with Crippen molar-refractivity contribution in [3.8, 4) is 5.75 Å². The molecule has 1 rings (SSSR count). The third-order valence-electron chi connectivity index (χ3n) is 1.49. The van der Waals surface area contributed by atoms with E-state index in [0.717, 1.165) is 0 Å². The molecule has 2 nitrogen and oxygen atoms in total. The first-order chi connectivity index (χ1) is 7.04. The Labute approximate surface area is 107 Å². The van der Waals surface area contributed by atoms with Crippen LogP contribution in [0.5, 0.6) is 5.75 Å². The van der Waals surface area contributed by atoms with Crippen molar-refractivity contribution in [2.24, 2.45) is 0 Å². The summed E-state index contributed by atoms with van der Waals surface area (Å²) in [6, 6.07) is 2.96. The fourth-order valence-corrected chi connectivity index (χ4v) is 1.86. The molecule has 0 bridgehead atoms. The number of alkyl halides is 1. The van der Waals surface area contributed by atoms with Gasteiger partial charge in [0, 0.05) is 5.02 Å². The van der Waals surface area contributed by atoms with E-state index in [2.05, 4.69) is 0 Å². The van der Waals surface area contributed by atoms with Crippen LogP contribution in [-0.4, -0.2) is 18.3 Å². The Hall–Kier alpha value is -0.150. The molecule has 0 radical (unpaired) electrons. The molecule has 0 N–H and O–H groups in total. The van der Waals surface area contributed by atoms with Gasteiger partial charge in [-0.3, -0.25) is 4.79 Å². The Morgan fingerprint density at radius 2 is 1.73 bits per heavy atom. The third kappa shape index (κ3) is 3.72. The summed E-state index contributed by atoms with van der Waals surface area (Å²) in [4.78, 5) is 10.9. The molecule has 0 saturated heterocycles. The summed E-state index contributed by atoms with van der Waals surface area (Å²) in [6.07, 6.45) is 0. The van der Waals surface area contributed by atoms with Gasteiger partial charge in [0.05, 0.1) is 15.9 Å². The SMILES string of the molecule is O=C(CCl)COc1c(Cl)cc(Cl)cc1Cl. The minimum Gasteiger partial charge on any atom is -0.483 e. The van der Waals surface area contributed by atoms with Gasteiger partial charge in [-0.15, -0.1) is 11.6 Å². The van der Waals surface area contributed by atoms with Crippen LogP contribution in [0.2, 0.25) is 15.1 Å².